The highest BCUT2D eigenvalue weighted by molar-refractivity contribution is 7.80. The molecule has 7 heteroatoms. The molecule has 1 aromatic rings. The summed E-state index contributed by atoms with van der Waals surface area (Å²) in [5.74, 6) is -0.200. The fourth-order valence-corrected chi connectivity index (χ4v) is 2.82. The lowest BCUT2D eigenvalue weighted by Gasteiger charge is -2.03. The molecule has 0 radical (unpaired) electrons. The summed E-state index contributed by atoms with van der Waals surface area (Å²) in [6, 6.07) is 1.57. The van der Waals surface area contributed by atoms with Crippen LogP contribution in [0.25, 0.3) is 0 Å². The van der Waals surface area contributed by atoms with Crippen molar-refractivity contribution < 1.29 is 4.79 Å². The van der Waals surface area contributed by atoms with Crippen molar-refractivity contribution in [2.45, 2.75) is 19.3 Å². The number of carbonyl (C=O) groups is 1. The second-order valence-corrected chi connectivity index (χ2v) is 6.23. The van der Waals surface area contributed by atoms with Crippen LogP contribution in [0.2, 0.25) is 8.67 Å². The molecule has 1 rings (SSSR count). The normalized spacial score (nSPS) is 10.2. The topological polar surface area (TPSA) is 55.1 Å². The zero-order valence-corrected chi connectivity index (χ0v) is 12.1. The van der Waals surface area contributed by atoms with Gasteiger partial charge in [-0.05, 0) is 25.3 Å². The number of carbonyl (C=O) groups excluding carboxylic acids is 1. The van der Waals surface area contributed by atoms with Gasteiger partial charge in [0.05, 0.1) is 14.9 Å². The molecule has 0 aliphatic carbocycles. The number of nitrogens with two attached hydrogens (primary N) is 1. The summed E-state index contributed by atoms with van der Waals surface area (Å²) in [6.45, 7) is 0.575. The quantitative estimate of drug-likeness (QED) is 0.626. The molecule has 0 saturated heterocycles. The summed E-state index contributed by atoms with van der Waals surface area (Å²) >= 11 is 17.5. The van der Waals surface area contributed by atoms with Crippen LogP contribution in [-0.2, 0) is 0 Å². The Morgan fingerprint density at radius 1 is 1.47 bits per heavy atom. The number of nitrogens with one attached hydrogen (secondary N) is 1. The van der Waals surface area contributed by atoms with Crippen molar-refractivity contribution in [3.63, 3.8) is 0 Å². The molecule has 0 atom stereocenters. The van der Waals surface area contributed by atoms with E-state index in [1.165, 1.54) is 11.3 Å². The predicted molar refractivity (Wildman–Crippen MR) is 77.3 cm³/mol. The number of amides is 1. The van der Waals surface area contributed by atoms with Crippen LogP contribution in [0.1, 0.15) is 29.6 Å². The van der Waals surface area contributed by atoms with Crippen LogP contribution in [0.5, 0.6) is 0 Å². The fourth-order valence-electron chi connectivity index (χ4n) is 1.22. The zero-order chi connectivity index (χ0) is 12.8. The minimum atomic E-state index is -0.200. The summed E-state index contributed by atoms with van der Waals surface area (Å²) < 4.78 is 0.921. The van der Waals surface area contributed by atoms with Crippen LogP contribution < -0.4 is 11.1 Å². The van der Waals surface area contributed by atoms with Gasteiger partial charge in [-0.25, -0.2) is 0 Å². The van der Waals surface area contributed by atoms with E-state index in [4.69, 9.17) is 41.2 Å². The number of hydrogen-bond donors (Lipinski definition) is 2. The van der Waals surface area contributed by atoms with Crippen molar-refractivity contribution in [2.75, 3.05) is 6.54 Å². The van der Waals surface area contributed by atoms with E-state index in [0.29, 0.717) is 32.2 Å². The van der Waals surface area contributed by atoms with Gasteiger partial charge in [0.25, 0.3) is 5.91 Å². The van der Waals surface area contributed by atoms with Gasteiger partial charge in [0.15, 0.2) is 0 Å². The molecular weight excluding hydrogens is 299 g/mol. The monoisotopic (exact) mass is 310 g/mol. The maximum atomic E-state index is 11.7. The molecule has 0 fully saturated rings. The smallest absolute Gasteiger partial charge is 0.253 e. The van der Waals surface area contributed by atoms with Gasteiger partial charge in [0.1, 0.15) is 4.34 Å². The molecule has 0 bridgehead atoms. The first-order chi connectivity index (χ1) is 8.00. The van der Waals surface area contributed by atoms with Crippen molar-refractivity contribution in [3.8, 4) is 0 Å². The number of thiocarbonyl (C=S) groups is 1. The van der Waals surface area contributed by atoms with Crippen LogP contribution in [0.3, 0.4) is 0 Å². The molecule has 0 aliphatic heterocycles. The largest absolute Gasteiger partial charge is 0.393 e. The van der Waals surface area contributed by atoms with Crippen LogP contribution >= 0.6 is 46.8 Å². The van der Waals surface area contributed by atoms with Gasteiger partial charge in [-0.2, -0.15) is 0 Å². The molecule has 94 valence electrons. The van der Waals surface area contributed by atoms with E-state index in [2.05, 4.69) is 5.32 Å². The van der Waals surface area contributed by atoms with E-state index in [0.717, 1.165) is 12.8 Å². The molecule has 0 aliphatic rings. The average molecular weight is 311 g/mol. The minimum absolute atomic E-state index is 0.200. The Hall–Kier alpha value is -0.360. The summed E-state index contributed by atoms with van der Waals surface area (Å²) in [6.07, 6.45) is 2.41. The molecule has 1 aromatic heterocycles. The van der Waals surface area contributed by atoms with Crippen LogP contribution in [-0.4, -0.2) is 17.4 Å². The summed E-state index contributed by atoms with van der Waals surface area (Å²) in [5, 5.41) is 2.77. The van der Waals surface area contributed by atoms with Gasteiger partial charge in [-0.3, -0.25) is 4.79 Å². The number of unbranched alkanes of at least 4 members (excludes halogenated alkanes) is 1. The van der Waals surface area contributed by atoms with Gasteiger partial charge < -0.3 is 11.1 Å². The number of rotatable bonds is 6. The fraction of sp³-hybridized carbons (Fsp3) is 0.400. The molecule has 3 N–H and O–H groups in total. The van der Waals surface area contributed by atoms with Gasteiger partial charge in [0, 0.05) is 6.54 Å². The van der Waals surface area contributed by atoms with Crippen LogP contribution in [0.15, 0.2) is 6.07 Å². The molecule has 0 unspecified atom stereocenters. The molecule has 0 saturated carbocycles. The number of halogens is 2. The Labute approximate surface area is 119 Å². The van der Waals surface area contributed by atoms with Crippen molar-refractivity contribution in [2.24, 2.45) is 5.73 Å². The Bertz CT molecular complexity index is 420. The Morgan fingerprint density at radius 2 is 2.18 bits per heavy atom. The van der Waals surface area contributed by atoms with Crippen LogP contribution in [0.4, 0.5) is 0 Å². The first kappa shape index (κ1) is 14.7. The van der Waals surface area contributed by atoms with E-state index in [9.17, 15) is 4.79 Å². The van der Waals surface area contributed by atoms with Gasteiger partial charge in [-0.15, -0.1) is 11.3 Å². The Morgan fingerprint density at radius 3 is 2.71 bits per heavy atom. The lowest BCUT2D eigenvalue weighted by atomic mass is 10.2. The summed E-state index contributed by atoms with van der Waals surface area (Å²) in [7, 11) is 0. The molecule has 1 amide bonds. The maximum Gasteiger partial charge on any atom is 0.253 e. The summed E-state index contributed by atoms with van der Waals surface area (Å²) in [4.78, 5) is 12.2. The third-order valence-corrected chi connectivity index (χ3v) is 3.73. The first-order valence-corrected chi connectivity index (χ1v) is 7.00. The molecular formula is C10H12Cl2N2OS2. The highest BCUT2D eigenvalue weighted by Crippen LogP contribution is 2.30. The van der Waals surface area contributed by atoms with Crippen LogP contribution in [0, 0.1) is 0 Å². The number of hydrogen-bond acceptors (Lipinski definition) is 3. The second kappa shape index (κ2) is 7.16. The molecule has 0 aromatic carbocycles. The molecule has 17 heavy (non-hydrogen) atoms. The predicted octanol–water partition coefficient (Wildman–Crippen LogP) is 3.24. The van der Waals surface area contributed by atoms with E-state index in [1.54, 1.807) is 6.07 Å². The lowest BCUT2D eigenvalue weighted by molar-refractivity contribution is 0.0953. The third-order valence-electron chi connectivity index (χ3n) is 2.04. The van der Waals surface area contributed by atoms with Gasteiger partial charge in [0.2, 0.25) is 0 Å². The summed E-state index contributed by atoms with van der Waals surface area (Å²) in [5.41, 5.74) is 5.79. The maximum absolute atomic E-state index is 11.7. The molecule has 1 heterocycles. The van der Waals surface area contributed by atoms with E-state index < -0.39 is 0 Å². The van der Waals surface area contributed by atoms with Crippen molar-refractivity contribution in [3.05, 3.63) is 20.3 Å². The second-order valence-electron chi connectivity index (χ2n) is 3.42. The molecule has 3 nitrogen and oxygen atoms in total. The first-order valence-electron chi connectivity index (χ1n) is 5.02. The van der Waals surface area contributed by atoms with Crippen molar-refractivity contribution >= 4 is 57.7 Å². The standard InChI is InChI=1S/C10H12Cl2N2OS2/c11-7-5-6(9(12)17-7)10(15)14-4-2-1-3-8(13)16/h5H,1-4H2,(H2,13,16)(H,14,15). The zero-order valence-electron chi connectivity index (χ0n) is 8.96. The van der Waals surface area contributed by atoms with Crippen molar-refractivity contribution in [1.82, 2.24) is 5.32 Å². The molecule has 0 spiro atoms. The Balaban J connectivity index is 2.30. The van der Waals surface area contributed by atoms with E-state index >= 15 is 0 Å². The van der Waals surface area contributed by atoms with Crippen molar-refractivity contribution in [1.29, 1.82) is 0 Å². The average Bonchev–Trinajstić information content (AvgIpc) is 2.56. The van der Waals surface area contributed by atoms with Gasteiger partial charge in [-0.1, -0.05) is 35.4 Å². The number of thiophene rings is 1. The third kappa shape index (κ3) is 5.21. The minimum Gasteiger partial charge on any atom is -0.393 e. The Kier molecular flexibility index (Phi) is 6.19. The van der Waals surface area contributed by atoms with Gasteiger partial charge >= 0.3 is 0 Å². The highest BCUT2D eigenvalue weighted by atomic mass is 35.5. The highest BCUT2D eigenvalue weighted by Gasteiger charge is 2.13. The lowest BCUT2D eigenvalue weighted by Crippen LogP contribution is -2.24. The van der Waals surface area contributed by atoms with E-state index in [-0.39, 0.29) is 5.91 Å². The SMILES string of the molecule is NC(=S)CCCCNC(=O)c1cc(Cl)sc1Cl. The van der Waals surface area contributed by atoms with E-state index in [1.807, 2.05) is 0 Å².